The number of nitrogens with one attached hydrogen (secondary N) is 1. The average molecular weight is 412 g/mol. The molecule has 2 saturated heterocycles. The Morgan fingerprint density at radius 1 is 1.07 bits per heavy atom. The lowest BCUT2D eigenvalue weighted by Crippen LogP contribution is -2.31. The number of rotatable bonds is 5. The van der Waals surface area contributed by atoms with Crippen molar-refractivity contribution in [3.05, 3.63) is 59.1 Å². The van der Waals surface area contributed by atoms with Crippen molar-refractivity contribution in [1.82, 2.24) is 4.90 Å². The number of halogens is 1. The fourth-order valence-corrected chi connectivity index (χ4v) is 4.33. The van der Waals surface area contributed by atoms with Crippen LogP contribution in [-0.2, 0) is 16.1 Å². The zero-order valence-electron chi connectivity index (χ0n) is 16.4. The van der Waals surface area contributed by atoms with Gasteiger partial charge in [-0.25, -0.2) is 0 Å². The summed E-state index contributed by atoms with van der Waals surface area (Å²) in [6.45, 7) is 2.95. The Morgan fingerprint density at radius 3 is 2.59 bits per heavy atom. The van der Waals surface area contributed by atoms with E-state index in [1.54, 1.807) is 4.90 Å². The van der Waals surface area contributed by atoms with Crippen LogP contribution < -0.4 is 10.2 Å². The molecular formula is C23H26ClN3O2. The van der Waals surface area contributed by atoms with E-state index < -0.39 is 0 Å². The van der Waals surface area contributed by atoms with Crippen LogP contribution in [0.1, 0.15) is 31.2 Å². The average Bonchev–Trinajstić information content (AvgIpc) is 3.10. The van der Waals surface area contributed by atoms with E-state index >= 15 is 0 Å². The minimum Gasteiger partial charge on any atom is -0.370 e. The van der Waals surface area contributed by atoms with Gasteiger partial charge in [-0.05, 0) is 43.0 Å². The van der Waals surface area contributed by atoms with Crippen molar-refractivity contribution >= 4 is 34.8 Å². The van der Waals surface area contributed by atoms with Gasteiger partial charge >= 0.3 is 0 Å². The van der Waals surface area contributed by atoms with Gasteiger partial charge in [-0.1, -0.05) is 41.9 Å². The van der Waals surface area contributed by atoms with Crippen LogP contribution in [-0.4, -0.2) is 36.3 Å². The van der Waals surface area contributed by atoms with Crippen LogP contribution in [0.5, 0.6) is 0 Å². The SMILES string of the molecule is O=C(Nc1cc(Cl)ccc1N1CCCCC1)C1CC(=O)N(Cc2ccccc2)C1. The van der Waals surface area contributed by atoms with Crippen molar-refractivity contribution in [1.29, 1.82) is 0 Å². The summed E-state index contributed by atoms with van der Waals surface area (Å²) in [7, 11) is 0. The number of likely N-dealkylation sites (tertiary alicyclic amines) is 1. The van der Waals surface area contributed by atoms with E-state index in [2.05, 4.69) is 10.2 Å². The van der Waals surface area contributed by atoms with Crippen LogP contribution in [0.25, 0.3) is 0 Å². The topological polar surface area (TPSA) is 52.7 Å². The van der Waals surface area contributed by atoms with E-state index in [-0.39, 0.29) is 24.2 Å². The number of anilines is 2. The molecule has 0 saturated carbocycles. The van der Waals surface area contributed by atoms with Gasteiger partial charge in [-0.2, -0.15) is 0 Å². The maximum Gasteiger partial charge on any atom is 0.229 e. The third-order valence-electron chi connectivity index (χ3n) is 5.71. The quantitative estimate of drug-likeness (QED) is 0.797. The van der Waals surface area contributed by atoms with Gasteiger partial charge in [0.2, 0.25) is 11.8 Å². The molecule has 4 rings (SSSR count). The van der Waals surface area contributed by atoms with Crippen LogP contribution in [0.15, 0.2) is 48.5 Å². The first-order valence-electron chi connectivity index (χ1n) is 10.3. The molecule has 2 aliphatic heterocycles. The second kappa shape index (κ2) is 8.87. The number of hydrogen-bond acceptors (Lipinski definition) is 3. The molecule has 0 bridgehead atoms. The Labute approximate surface area is 176 Å². The first-order valence-corrected chi connectivity index (χ1v) is 10.6. The monoisotopic (exact) mass is 411 g/mol. The second-order valence-electron chi connectivity index (χ2n) is 7.86. The molecule has 2 fully saturated rings. The van der Waals surface area contributed by atoms with Crippen molar-refractivity contribution in [2.75, 3.05) is 29.9 Å². The van der Waals surface area contributed by atoms with E-state index in [0.29, 0.717) is 18.1 Å². The van der Waals surface area contributed by atoms with Gasteiger partial charge in [-0.15, -0.1) is 0 Å². The van der Waals surface area contributed by atoms with Crippen LogP contribution in [0.3, 0.4) is 0 Å². The van der Waals surface area contributed by atoms with Gasteiger partial charge in [0, 0.05) is 37.6 Å². The number of benzene rings is 2. The summed E-state index contributed by atoms with van der Waals surface area (Å²) in [5.74, 6) is -0.440. The molecule has 1 atom stereocenters. The van der Waals surface area contributed by atoms with Crippen molar-refractivity contribution < 1.29 is 9.59 Å². The Bertz CT molecular complexity index is 881. The number of carbonyl (C=O) groups is 2. The normalized spacial score (nSPS) is 19.5. The van der Waals surface area contributed by atoms with Gasteiger partial charge in [0.1, 0.15) is 0 Å². The zero-order chi connectivity index (χ0) is 20.2. The van der Waals surface area contributed by atoms with Crippen molar-refractivity contribution in [2.45, 2.75) is 32.2 Å². The molecule has 1 N–H and O–H groups in total. The molecule has 0 radical (unpaired) electrons. The van der Waals surface area contributed by atoms with E-state index in [9.17, 15) is 9.59 Å². The number of hydrogen-bond donors (Lipinski definition) is 1. The van der Waals surface area contributed by atoms with E-state index in [1.807, 2.05) is 48.5 Å². The predicted molar refractivity (Wildman–Crippen MR) is 116 cm³/mol. The number of carbonyl (C=O) groups excluding carboxylic acids is 2. The molecule has 29 heavy (non-hydrogen) atoms. The van der Waals surface area contributed by atoms with Gasteiger partial charge in [0.15, 0.2) is 0 Å². The second-order valence-corrected chi connectivity index (χ2v) is 8.30. The molecule has 2 heterocycles. The highest BCUT2D eigenvalue weighted by Crippen LogP contribution is 2.32. The Balaban J connectivity index is 1.44. The number of nitrogens with zero attached hydrogens (tertiary/aromatic N) is 2. The standard InChI is InChI=1S/C23H26ClN3O2/c24-19-9-10-21(26-11-5-2-6-12-26)20(14-19)25-23(29)18-13-22(28)27(16-18)15-17-7-3-1-4-8-17/h1,3-4,7-10,14,18H,2,5-6,11-13,15-16H2,(H,25,29). The van der Waals surface area contributed by atoms with Gasteiger partial charge in [-0.3, -0.25) is 9.59 Å². The highest BCUT2D eigenvalue weighted by atomic mass is 35.5. The lowest BCUT2D eigenvalue weighted by molar-refractivity contribution is -0.128. The number of amides is 2. The Hall–Kier alpha value is -2.53. The van der Waals surface area contributed by atoms with E-state index in [4.69, 9.17) is 11.6 Å². The molecule has 0 aromatic heterocycles. The summed E-state index contributed by atoms with van der Waals surface area (Å²) in [6.07, 6.45) is 3.80. The smallest absolute Gasteiger partial charge is 0.229 e. The third kappa shape index (κ3) is 4.73. The third-order valence-corrected chi connectivity index (χ3v) is 5.95. The fourth-order valence-electron chi connectivity index (χ4n) is 4.16. The van der Waals surface area contributed by atoms with Crippen LogP contribution in [0.2, 0.25) is 5.02 Å². The lowest BCUT2D eigenvalue weighted by Gasteiger charge is -2.31. The molecule has 2 aliphatic rings. The highest BCUT2D eigenvalue weighted by molar-refractivity contribution is 6.31. The molecule has 0 aliphatic carbocycles. The fraction of sp³-hybridized carbons (Fsp3) is 0.391. The summed E-state index contributed by atoms with van der Waals surface area (Å²) in [4.78, 5) is 29.5. The molecular weight excluding hydrogens is 386 g/mol. The molecule has 6 heteroatoms. The van der Waals surface area contributed by atoms with Crippen molar-refractivity contribution in [2.24, 2.45) is 5.92 Å². The predicted octanol–water partition coefficient (Wildman–Crippen LogP) is 4.32. The summed E-state index contributed by atoms with van der Waals surface area (Å²) >= 11 is 6.20. The molecule has 1 unspecified atom stereocenters. The maximum atomic E-state index is 13.0. The molecule has 5 nitrogen and oxygen atoms in total. The lowest BCUT2D eigenvalue weighted by atomic mass is 10.1. The Kier molecular flexibility index (Phi) is 6.05. The molecule has 152 valence electrons. The summed E-state index contributed by atoms with van der Waals surface area (Å²) < 4.78 is 0. The van der Waals surface area contributed by atoms with Crippen molar-refractivity contribution in [3.63, 3.8) is 0 Å². The Morgan fingerprint density at radius 2 is 1.83 bits per heavy atom. The summed E-state index contributed by atoms with van der Waals surface area (Å²) in [5, 5.41) is 3.64. The van der Waals surface area contributed by atoms with Crippen molar-refractivity contribution in [3.8, 4) is 0 Å². The van der Waals surface area contributed by atoms with Gasteiger partial charge < -0.3 is 15.1 Å². The van der Waals surface area contributed by atoms with Crippen LogP contribution in [0, 0.1) is 5.92 Å². The van der Waals surface area contributed by atoms with Gasteiger partial charge in [0.25, 0.3) is 0 Å². The van der Waals surface area contributed by atoms with Crippen LogP contribution >= 0.6 is 11.6 Å². The number of piperidine rings is 1. The molecule has 2 aromatic carbocycles. The maximum absolute atomic E-state index is 13.0. The van der Waals surface area contributed by atoms with E-state index in [1.165, 1.54) is 6.42 Å². The van der Waals surface area contributed by atoms with Gasteiger partial charge in [0.05, 0.1) is 17.3 Å². The minimum absolute atomic E-state index is 0.0244. The molecule has 2 aromatic rings. The molecule has 2 amide bonds. The van der Waals surface area contributed by atoms with Crippen LogP contribution in [0.4, 0.5) is 11.4 Å². The summed E-state index contributed by atoms with van der Waals surface area (Å²) in [6, 6.07) is 15.5. The summed E-state index contributed by atoms with van der Waals surface area (Å²) in [5.41, 5.74) is 2.82. The molecule has 0 spiro atoms. The highest BCUT2D eigenvalue weighted by Gasteiger charge is 2.34. The first kappa shape index (κ1) is 19.8. The minimum atomic E-state index is -0.348. The van der Waals surface area contributed by atoms with E-state index in [0.717, 1.165) is 42.9 Å². The first-order chi connectivity index (χ1) is 14.1. The zero-order valence-corrected chi connectivity index (χ0v) is 17.2. The largest absolute Gasteiger partial charge is 0.370 e.